The second-order valence-corrected chi connectivity index (χ2v) is 6.84. The van der Waals surface area contributed by atoms with E-state index in [1.807, 2.05) is 13.0 Å². The number of aliphatic imine (C=N–C) groups is 1. The van der Waals surface area contributed by atoms with Crippen LogP contribution >= 0.6 is 0 Å². The summed E-state index contributed by atoms with van der Waals surface area (Å²) >= 11 is 0. The Kier molecular flexibility index (Phi) is 7.35. The average molecular weight is 423 g/mol. The maximum Gasteiger partial charge on any atom is 0.413 e. The molecular formula is C21H25F4N5. The van der Waals surface area contributed by atoms with Gasteiger partial charge in [0, 0.05) is 5.71 Å². The molecule has 1 aliphatic heterocycles. The number of rotatable bonds is 8. The molecule has 5 nitrogen and oxygen atoms in total. The molecular weight excluding hydrogens is 398 g/mol. The summed E-state index contributed by atoms with van der Waals surface area (Å²) in [6.07, 6.45) is 2.38. The minimum atomic E-state index is -4.65. The second-order valence-electron chi connectivity index (χ2n) is 6.84. The summed E-state index contributed by atoms with van der Waals surface area (Å²) in [6, 6.07) is 3.51. The molecule has 2 rings (SSSR count). The zero-order chi connectivity index (χ0) is 22.5. The Morgan fingerprint density at radius 1 is 1.20 bits per heavy atom. The first-order valence-electron chi connectivity index (χ1n) is 9.15. The van der Waals surface area contributed by atoms with Crippen molar-refractivity contribution in [2.24, 2.45) is 10.7 Å². The Morgan fingerprint density at radius 3 is 2.30 bits per heavy atom. The Hall–Kier alpha value is -2.75. The third-order valence-electron chi connectivity index (χ3n) is 4.37. The quantitative estimate of drug-likeness (QED) is 0.221. The van der Waals surface area contributed by atoms with Gasteiger partial charge in [-0.05, 0) is 44.0 Å². The number of hydrogen-bond donors (Lipinski definition) is 4. The molecule has 1 atom stereocenters. The average Bonchev–Trinajstić information content (AvgIpc) is 3.41. The number of nitrogens with zero attached hydrogens (tertiary/aromatic N) is 1. The lowest BCUT2D eigenvalue weighted by Gasteiger charge is -2.27. The molecule has 1 aromatic carbocycles. The second kappa shape index (κ2) is 9.38. The van der Waals surface area contributed by atoms with E-state index in [2.05, 4.69) is 27.7 Å². The van der Waals surface area contributed by atoms with Crippen molar-refractivity contribution < 1.29 is 17.6 Å². The van der Waals surface area contributed by atoms with Crippen molar-refractivity contribution in [1.29, 1.82) is 0 Å². The van der Waals surface area contributed by atoms with E-state index in [1.54, 1.807) is 44.2 Å². The smallest absolute Gasteiger partial charge is 0.369 e. The first-order valence-corrected chi connectivity index (χ1v) is 9.15. The molecule has 1 unspecified atom stereocenters. The molecule has 1 heterocycles. The van der Waals surface area contributed by atoms with Crippen LogP contribution in [0.1, 0.15) is 26.3 Å². The van der Waals surface area contributed by atoms with E-state index in [1.165, 1.54) is 12.1 Å². The Balaban J connectivity index is 2.42. The van der Waals surface area contributed by atoms with Gasteiger partial charge in [0.2, 0.25) is 0 Å². The zero-order valence-electron chi connectivity index (χ0n) is 16.9. The van der Waals surface area contributed by atoms with Gasteiger partial charge in [-0.1, -0.05) is 43.0 Å². The van der Waals surface area contributed by atoms with Crippen molar-refractivity contribution in [1.82, 2.24) is 16.2 Å². The largest absolute Gasteiger partial charge is 0.413 e. The fraction of sp³-hybridized carbons (Fsp3) is 0.286. The molecule has 9 heteroatoms. The van der Waals surface area contributed by atoms with E-state index in [0.29, 0.717) is 16.8 Å². The predicted octanol–water partition coefficient (Wildman–Crippen LogP) is 3.80. The highest BCUT2D eigenvalue weighted by molar-refractivity contribution is 5.99. The van der Waals surface area contributed by atoms with Crippen LogP contribution in [0.15, 0.2) is 77.1 Å². The van der Waals surface area contributed by atoms with Crippen LogP contribution in [0.4, 0.5) is 17.6 Å². The van der Waals surface area contributed by atoms with Crippen LogP contribution in [0.25, 0.3) is 0 Å². The van der Waals surface area contributed by atoms with E-state index in [0.717, 1.165) is 0 Å². The molecule has 5 N–H and O–H groups in total. The summed E-state index contributed by atoms with van der Waals surface area (Å²) in [7, 11) is 0. The summed E-state index contributed by atoms with van der Waals surface area (Å²) in [5, 5.41) is 2.35. The fourth-order valence-electron chi connectivity index (χ4n) is 2.62. The van der Waals surface area contributed by atoms with Gasteiger partial charge in [0.1, 0.15) is 5.82 Å². The Morgan fingerprint density at radius 2 is 1.80 bits per heavy atom. The number of hydrogen-bond acceptors (Lipinski definition) is 5. The fourth-order valence-corrected chi connectivity index (χ4v) is 2.62. The third kappa shape index (κ3) is 6.12. The summed E-state index contributed by atoms with van der Waals surface area (Å²) in [5.41, 5.74) is 12.1. The van der Waals surface area contributed by atoms with Gasteiger partial charge in [0.05, 0.1) is 11.4 Å². The van der Waals surface area contributed by atoms with Gasteiger partial charge in [-0.3, -0.25) is 10.7 Å². The van der Waals surface area contributed by atoms with Gasteiger partial charge in [-0.2, -0.15) is 13.2 Å². The first-order chi connectivity index (χ1) is 14.0. The molecule has 1 aliphatic rings. The van der Waals surface area contributed by atoms with Crippen LogP contribution in [0.5, 0.6) is 0 Å². The number of halogens is 4. The van der Waals surface area contributed by atoms with E-state index >= 15 is 0 Å². The lowest BCUT2D eigenvalue weighted by Crippen LogP contribution is -2.59. The van der Waals surface area contributed by atoms with Crippen LogP contribution < -0.4 is 21.9 Å². The highest BCUT2D eigenvalue weighted by Gasteiger charge is 2.59. The summed E-state index contributed by atoms with van der Waals surface area (Å²) in [4.78, 5) is 4.48. The molecule has 0 saturated carbocycles. The van der Waals surface area contributed by atoms with Gasteiger partial charge in [0.25, 0.3) is 0 Å². The van der Waals surface area contributed by atoms with Gasteiger partial charge >= 0.3 is 6.18 Å². The number of allylic oxidation sites excluding steroid dienone is 5. The molecule has 30 heavy (non-hydrogen) atoms. The molecule has 1 saturated heterocycles. The van der Waals surface area contributed by atoms with Gasteiger partial charge in [0.15, 0.2) is 11.8 Å². The van der Waals surface area contributed by atoms with Crippen molar-refractivity contribution >= 4 is 5.71 Å². The van der Waals surface area contributed by atoms with Crippen LogP contribution in [-0.4, -0.2) is 23.7 Å². The lowest BCUT2D eigenvalue weighted by atomic mass is 10.1. The summed E-state index contributed by atoms with van der Waals surface area (Å²) in [5.74, 6) is -2.24. The highest BCUT2D eigenvalue weighted by atomic mass is 19.4. The van der Waals surface area contributed by atoms with Gasteiger partial charge in [-0.15, -0.1) is 0 Å². The Bertz CT molecular complexity index is 886. The van der Waals surface area contributed by atoms with Crippen LogP contribution in [0.2, 0.25) is 0 Å². The number of nitrogens with one attached hydrogen (secondary N) is 3. The third-order valence-corrected chi connectivity index (χ3v) is 4.37. The minimum absolute atomic E-state index is 0.0539. The summed E-state index contributed by atoms with van der Waals surface area (Å²) in [6.45, 7) is 8.99. The lowest BCUT2D eigenvalue weighted by molar-refractivity contribution is -0.162. The predicted molar refractivity (Wildman–Crippen MR) is 111 cm³/mol. The molecule has 1 aromatic rings. The zero-order valence-corrected chi connectivity index (χ0v) is 16.9. The van der Waals surface area contributed by atoms with E-state index in [4.69, 9.17) is 5.73 Å². The normalized spacial score (nSPS) is 18.5. The first kappa shape index (κ1) is 23.5. The van der Waals surface area contributed by atoms with Gasteiger partial charge < -0.3 is 5.32 Å². The standard InChI is InChI=1S/C21H25F4N5/c1-5-6-7-8-13(2)18(27-14(3)16-9-11-17(22)12-10-16)15(4)28-19(20(23,24)25)21(26)29-30-21/h5-12,19,28-30H,4,26H2,1-3H3/b6-5-,8-7-,18-13+,27-14?. The minimum Gasteiger partial charge on any atom is -0.369 e. The van der Waals surface area contributed by atoms with E-state index in [9.17, 15) is 17.6 Å². The highest BCUT2D eigenvalue weighted by Crippen LogP contribution is 2.30. The number of alkyl halides is 3. The maximum atomic E-state index is 13.5. The van der Waals surface area contributed by atoms with Crippen LogP contribution in [-0.2, 0) is 0 Å². The number of hydrazine groups is 1. The van der Waals surface area contributed by atoms with Crippen LogP contribution in [0, 0.1) is 5.82 Å². The van der Waals surface area contributed by atoms with Crippen molar-refractivity contribution in [3.8, 4) is 0 Å². The van der Waals surface area contributed by atoms with Crippen molar-refractivity contribution in [3.05, 3.63) is 83.5 Å². The molecule has 0 bridgehead atoms. The molecule has 0 aliphatic carbocycles. The van der Waals surface area contributed by atoms with Crippen molar-refractivity contribution in [3.63, 3.8) is 0 Å². The molecule has 1 fully saturated rings. The number of nitrogens with two attached hydrogens (primary N) is 1. The Labute approximate surface area is 173 Å². The topological polar surface area (TPSA) is 94.3 Å². The molecule has 0 aromatic heterocycles. The molecule has 0 amide bonds. The summed E-state index contributed by atoms with van der Waals surface area (Å²) < 4.78 is 53.8. The molecule has 0 spiro atoms. The van der Waals surface area contributed by atoms with Crippen molar-refractivity contribution in [2.75, 3.05) is 0 Å². The van der Waals surface area contributed by atoms with Crippen molar-refractivity contribution in [2.45, 2.75) is 38.8 Å². The molecule has 162 valence electrons. The number of benzene rings is 1. The monoisotopic (exact) mass is 423 g/mol. The van der Waals surface area contributed by atoms with E-state index < -0.39 is 23.8 Å². The van der Waals surface area contributed by atoms with Crippen LogP contribution in [0.3, 0.4) is 0 Å². The molecule has 0 radical (unpaired) electrons. The maximum absolute atomic E-state index is 13.5. The van der Waals surface area contributed by atoms with Gasteiger partial charge in [-0.25, -0.2) is 15.2 Å². The SMILES string of the molecule is C=C(NC(C(F)(F)F)C1(N)NN1)\C(N=C(C)c1ccc(F)cc1)=C(C)/C=C\C=C/C. The van der Waals surface area contributed by atoms with E-state index in [-0.39, 0.29) is 11.4 Å².